The van der Waals surface area contributed by atoms with Crippen LogP contribution in [0.3, 0.4) is 0 Å². The predicted octanol–water partition coefficient (Wildman–Crippen LogP) is 3.89. The van der Waals surface area contributed by atoms with Crippen molar-refractivity contribution >= 4 is 23.0 Å². The number of fused-ring (bicyclic) bond motifs is 1. The van der Waals surface area contributed by atoms with Gasteiger partial charge in [0.1, 0.15) is 5.01 Å². The minimum absolute atomic E-state index is 0.280. The largest absolute Gasteiger partial charge is 0.454 e. The van der Waals surface area contributed by atoms with E-state index in [0.717, 1.165) is 39.0 Å². The second kappa shape index (κ2) is 5.81. The third kappa shape index (κ3) is 2.80. The van der Waals surface area contributed by atoms with Crippen LogP contribution in [0.1, 0.15) is 18.3 Å². The Labute approximate surface area is 137 Å². The van der Waals surface area contributed by atoms with Gasteiger partial charge in [0.05, 0.1) is 17.6 Å². The van der Waals surface area contributed by atoms with Crippen LogP contribution in [0.2, 0.25) is 0 Å². The Kier molecular flexibility index (Phi) is 3.51. The highest BCUT2D eigenvalue weighted by molar-refractivity contribution is 7.13. The number of aromatic nitrogens is 3. The maximum atomic E-state index is 5.42. The first-order valence-corrected chi connectivity index (χ1v) is 7.98. The topological polar surface area (TPSA) is 57.1 Å². The number of hydrogen-bond donors (Lipinski definition) is 0. The van der Waals surface area contributed by atoms with Crippen LogP contribution in [0.25, 0.3) is 22.2 Å². The fourth-order valence-corrected chi connectivity index (χ4v) is 3.09. The second-order valence-electron chi connectivity index (χ2n) is 5.06. The molecule has 0 amide bonds. The van der Waals surface area contributed by atoms with E-state index in [-0.39, 0.29) is 6.79 Å². The molecule has 114 valence electrons. The summed E-state index contributed by atoms with van der Waals surface area (Å²) in [4.78, 5) is 13.0. The molecular weight excluding hydrogens is 310 g/mol. The molecule has 23 heavy (non-hydrogen) atoms. The summed E-state index contributed by atoms with van der Waals surface area (Å²) in [5.41, 5.74) is 3.81. The van der Waals surface area contributed by atoms with Crippen LogP contribution in [-0.2, 0) is 0 Å². The van der Waals surface area contributed by atoms with Crippen molar-refractivity contribution in [3.63, 3.8) is 0 Å². The highest BCUT2D eigenvalue weighted by atomic mass is 32.1. The number of rotatable bonds is 3. The van der Waals surface area contributed by atoms with E-state index in [1.807, 2.05) is 36.6 Å². The van der Waals surface area contributed by atoms with E-state index < -0.39 is 0 Å². The van der Waals surface area contributed by atoms with Gasteiger partial charge in [-0.25, -0.2) is 4.98 Å². The van der Waals surface area contributed by atoms with Crippen LogP contribution in [0, 0.1) is 0 Å². The molecule has 4 rings (SSSR count). The lowest BCUT2D eigenvalue weighted by atomic mass is 10.2. The Morgan fingerprint density at radius 1 is 1.22 bits per heavy atom. The Morgan fingerprint density at radius 2 is 2.13 bits per heavy atom. The molecule has 1 aromatic carbocycles. The van der Waals surface area contributed by atoms with Gasteiger partial charge in [-0.15, -0.1) is 11.3 Å². The van der Waals surface area contributed by atoms with Gasteiger partial charge in [-0.05, 0) is 36.8 Å². The maximum Gasteiger partial charge on any atom is 0.231 e. The van der Waals surface area contributed by atoms with E-state index in [2.05, 4.69) is 15.0 Å². The van der Waals surface area contributed by atoms with Gasteiger partial charge >= 0.3 is 0 Å². The van der Waals surface area contributed by atoms with Gasteiger partial charge in [-0.2, -0.15) is 0 Å². The quantitative estimate of drug-likeness (QED) is 0.732. The zero-order valence-corrected chi connectivity index (χ0v) is 13.2. The minimum atomic E-state index is 0.280. The normalized spacial score (nSPS) is 13.3. The predicted molar refractivity (Wildman–Crippen MR) is 89.3 cm³/mol. The second-order valence-corrected chi connectivity index (χ2v) is 5.92. The summed E-state index contributed by atoms with van der Waals surface area (Å²) in [5, 5.41) is 2.97. The number of benzene rings is 1. The molecule has 3 heterocycles. The summed E-state index contributed by atoms with van der Waals surface area (Å²) < 4.78 is 10.8. The van der Waals surface area contributed by atoms with E-state index in [4.69, 9.17) is 9.47 Å². The number of thiazole rings is 1. The lowest BCUT2D eigenvalue weighted by molar-refractivity contribution is 0.174. The van der Waals surface area contributed by atoms with Gasteiger partial charge in [0.15, 0.2) is 11.5 Å². The molecule has 0 N–H and O–H groups in total. The molecule has 6 heteroatoms. The highest BCUT2D eigenvalue weighted by Crippen LogP contribution is 2.36. The zero-order chi connectivity index (χ0) is 15.6. The van der Waals surface area contributed by atoms with Gasteiger partial charge in [0, 0.05) is 23.3 Å². The average Bonchev–Trinajstić information content (AvgIpc) is 3.23. The van der Waals surface area contributed by atoms with Gasteiger partial charge in [0.25, 0.3) is 0 Å². The number of nitrogens with zero attached hydrogens (tertiary/aromatic N) is 3. The van der Waals surface area contributed by atoms with Gasteiger partial charge in [-0.3, -0.25) is 9.97 Å². The van der Waals surface area contributed by atoms with Crippen LogP contribution >= 0.6 is 11.3 Å². The number of allylic oxidation sites excluding steroid dienone is 1. The summed E-state index contributed by atoms with van der Waals surface area (Å²) in [7, 11) is 0. The molecule has 3 aromatic rings. The molecular formula is C17H13N3O2S. The first-order valence-electron chi connectivity index (χ1n) is 7.10. The Hall–Kier alpha value is -2.73. The summed E-state index contributed by atoms with van der Waals surface area (Å²) >= 11 is 1.60. The minimum Gasteiger partial charge on any atom is -0.454 e. The van der Waals surface area contributed by atoms with Crippen molar-refractivity contribution in [3.8, 4) is 22.1 Å². The first kappa shape index (κ1) is 13.9. The van der Waals surface area contributed by atoms with Crippen molar-refractivity contribution in [2.24, 2.45) is 0 Å². The Morgan fingerprint density at radius 3 is 3.00 bits per heavy atom. The Balaban J connectivity index is 1.62. The third-order valence-corrected chi connectivity index (χ3v) is 4.38. The lowest BCUT2D eigenvalue weighted by Gasteiger charge is -1.99. The molecule has 0 fully saturated rings. The zero-order valence-electron chi connectivity index (χ0n) is 12.4. The monoisotopic (exact) mass is 323 g/mol. The van der Waals surface area contributed by atoms with Crippen LogP contribution in [0.5, 0.6) is 11.5 Å². The van der Waals surface area contributed by atoms with E-state index >= 15 is 0 Å². The van der Waals surface area contributed by atoms with Crippen molar-refractivity contribution in [3.05, 3.63) is 53.6 Å². The average molecular weight is 323 g/mol. The maximum absolute atomic E-state index is 5.42. The van der Waals surface area contributed by atoms with Crippen LogP contribution < -0.4 is 9.47 Å². The van der Waals surface area contributed by atoms with Crippen molar-refractivity contribution < 1.29 is 9.47 Å². The third-order valence-electron chi connectivity index (χ3n) is 3.47. The van der Waals surface area contributed by atoms with E-state index in [0.29, 0.717) is 0 Å². The molecule has 1 aliphatic rings. The van der Waals surface area contributed by atoms with E-state index in [1.54, 1.807) is 29.9 Å². The molecule has 0 bridgehead atoms. The lowest BCUT2D eigenvalue weighted by Crippen LogP contribution is -1.92. The van der Waals surface area contributed by atoms with Crippen LogP contribution in [-0.4, -0.2) is 21.7 Å². The fourth-order valence-electron chi connectivity index (χ4n) is 2.31. The van der Waals surface area contributed by atoms with E-state index in [1.165, 1.54) is 0 Å². The van der Waals surface area contributed by atoms with Crippen LogP contribution in [0.4, 0.5) is 0 Å². The van der Waals surface area contributed by atoms with Crippen molar-refractivity contribution in [2.45, 2.75) is 6.92 Å². The van der Waals surface area contributed by atoms with E-state index in [9.17, 15) is 0 Å². The SMILES string of the molecule is CC(=Cc1csc(-c2ccc3c(c2)OCO3)n1)c1cnccn1. The molecule has 5 nitrogen and oxygen atoms in total. The van der Waals surface area contributed by atoms with Crippen molar-refractivity contribution in [2.75, 3.05) is 6.79 Å². The van der Waals surface area contributed by atoms with Crippen molar-refractivity contribution in [1.29, 1.82) is 0 Å². The molecule has 2 aromatic heterocycles. The van der Waals surface area contributed by atoms with Gasteiger partial charge < -0.3 is 9.47 Å². The summed E-state index contributed by atoms with van der Waals surface area (Å²) in [5.74, 6) is 1.55. The molecule has 0 saturated heterocycles. The summed E-state index contributed by atoms with van der Waals surface area (Å²) in [6.45, 7) is 2.28. The molecule has 0 radical (unpaired) electrons. The highest BCUT2D eigenvalue weighted by Gasteiger charge is 2.15. The summed E-state index contributed by atoms with van der Waals surface area (Å²) in [6, 6.07) is 5.87. The standard InChI is InChI=1S/C17H13N3O2S/c1-11(14-8-18-4-5-19-14)6-13-9-23-17(20-13)12-2-3-15-16(7-12)22-10-21-15/h2-9H,10H2,1H3. The molecule has 0 aliphatic carbocycles. The molecule has 0 atom stereocenters. The van der Waals surface area contributed by atoms with Gasteiger partial charge in [0.2, 0.25) is 6.79 Å². The molecule has 1 aliphatic heterocycles. The first-order chi connectivity index (χ1) is 11.3. The molecule has 0 spiro atoms. The smallest absolute Gasteiger partial charge is 0.231 e. The van der Waals surface area contributed by atoms with Crippen molar-refractivity contribution in [1.82, 2.24) is 15.0 Å². The van der Waals surface area contributed by atoms with Crippen LogP contribution in [0.15, 0.2) is 42.2 Å². The molecule has 0 unspecified atom stereocenters. The summed E-state index contributed by atoms with van der Waals surface area (Å²) in [6.07, 6.45) is 7.11. The number of hydrogen-bond acceptors (Lipinski definition) is 6. The van der Waals surface area contributed by atoms with Gasteiger partial charge in [-0.1, -0.05) is 0 Å². The Bertz CT molecular complexity index is 875. The molecule has 0 saturated carbocycles. The fraction of sp³-hybridized carbons (Fsp3) is 0.118. The number of ether oxygens (including phenoxy) is 2.